The largest absolute Gasteiger partial charge is 0.739 e. The highest BCUT2D eigenvalue weighted by Gasteiger charge is 2.25. The lowest BCUT2D eigenvalue weighted by molar-refractivity contribution is -0.578. The summed E-state index contributed by atoms with van der Waals surface area (Å²) in [7, 11) is 0. The highest BCUT2D eigenvalue weighted by molar-refractivity contribution is 5.66. The Labute approximate surface area is 57.6 Å². The first kappa shape index (κ1) is 8.67. The summed E-state index contributed by atoms with van der Waals surface area (Å²) >= 11 is 0. The van der Waals surface area contributed by atoms with Gasteiger partial charge in [-0.3, -0.25) is 0 Å². The van der Waals surface area contributed by atoms with E-state index in [1.807, 2.05) is 0 Å². The van der Waals surface area contributed by atoms with Crippen molar-refractivity contribution in [1.82, 2.24) is 0 Å². The zero-order chi connectivity index (χ0) is 8.20. The number of nitrogens with zero attached hydrogens (tertiary/aromatic N) is 3. The quantitative estimate of drug-likeness (QED) is 0.204. The van der Waals surface area contributed by atoms with Crippen molar-refractivity contribution in [2.45, 2.75) is 19.4 Å². The lowest BCUT2D eigenvalue weighted by Gasteiger charge is -2.15. The molecule has 0 aromatic rings. The van der Waals surface area contributed by atoms with E-state index >= 15 is 0 Å². The van der Waals surface area contributed by atoms with Gasteiger partial charge in [-0.05, 0) is 5.28 Å². The van der Waals surface area contributed by atoms with E-state index < -0.39 is 5.54 Å². The molecule has 6 heteroatoms. The Morgan fingerprint density at radius 3 is 2.40 bits per heavy atom. The molecule has 10 heavy (non-hydrogen) atoms. The molecular weight excluding hydrogens is 138 g/mol. The van der Waals surface area contributed by atoms with Gasteiger partial charge in [-0.2, -0.15) is 0 Å². The molecule has 0 saturated carbocycles. The minimum absolute atomic E-state index is 0.0906. The molecule has 1 N–H and O–H groups in total. The van der Waals surface area contributed by atoms with Gasteiger partial charge in [0.15, 0.2) is 0 Å². The van der Waals surface area contributed by atoms with Crippen LogP contribution in [-0.2, 0) is 0 Å². The summed E-state index contributed by atoms with van der Waals surface area (Å²) in [6, 6.07) is 0. The average molecular weight is 146 g/mol. The van der Waals surface area contributed by atoms with Crippen LogP contribution in [0.15, 0.2) is 10.4 Å². The van der Waals surface area contributed by atoms with Crippen molar-refractivity contribution in [3.8, 4) is 0 Å². The van der Waals surface area contributed by atoms with Crippen molar-refractivity contribution in [1.29, 1.82) is 0 Å². The van der Waals surface area contributed by atoms with Gasteiger partial charge in [-0.25, -0.2) is 0 Å². The predicted octanol–water partition coefficient (Wildman–Crippen LogP) is 0.685. The van der Waals surface area contributed by atoms with Crippen molar-refractivity contribution in [2.24, 2.45) is 10.4 Å². The Bertz CT molecular complexity index is 163. The minimum Gasteiger partial charge on any atom is -0.739 e. The van der Waals surface area contributed by atoms with Gasteiger partial charge in [-0.1, -0.05) is 10.0 Å². The number of hydrogen-bond acceptors (Lipinski definition) is 5. The molecule has 0 bridgehead atoms. The van der Waals surface area contributed by atoms with Gasteiger partial charge in [0, 0.05) is 13.8 Å². The Hall–Kier alpha value is -1.33. The fourth-order valence-corrected chi connectivity index (χ4v) is 0.296. The van der Waals surface area contributed by atoms with Crippen LogP contribution >= 0.6 is 0 Å². The van der Waals surface area contributed by atoms with E-state index in [4.69, 9.17) is 5.21 Å². The molecule has 0 aliphatic carbocycles. The molecule has 0 aromatic heterocycles. The third kappa shape index (κ3) is 1.88. The Kier molecular flexibility index (Phi) is 2.60. The highest BCUT2D eigenvalue weighted by Crippen LogP contribution is 2.04. The predicted molar refractivity (Wildman–Crippen MR) is 33.8 cm³/mol. The molecule has 0 saturated heterocycles. The van der Waals surface area contributed by atoms with Gasteiger partial charge in [0.1, 0.15) is 6.21 Å². The second kappa shape index (κ2) is 3.00. The summed E-state index contributed by atoms with van der Waals surface area (Å²) < 4.78 is 0. The number of oxime groups is 1. The van der Waals surface area contributed by atoms with E-state index in [9.17, 15) is 10.4 Å². The van der Waals surface area contributed by atoms with E-state index in [1.54, 1.807) is 0 Å². The third-order valence-corrected chi connectivity index (χ3v) is 0.941. The summed E-state index contributed by atoms with van der Waals surface area (Å²) in [6.45, 7) is 2.78. The second-order valence-corrected chi connectivity index (χ2v) is 2.25. The summed E-state index contributed by atoms with van der Waals surface area (Å²) in [5.41, 5.74) is -1.18. The number of hydroxylamine groups is 1. The van der Waals surface area contributed by atoms with Crippen LogP contribution in [0.2, 0.25) is 0 Å². The standard InChI is InChI=1S/C4H9N3O3/c1-4(2,3-5-8)7(10)6-9/h3,8-9H,1-2H3/p-1/b5-3+,7-6-. The van der Waals surface area contributed by atoms with Crippen LogP contribution in [0.4, 0.5) is 0 Å². The molecule has 0 heterocycles. The maximum atomic E-state index is 10.5. The zero-order valence-electron chi connectivity index (χ0n) is 5.68. The van der Waals surface area contributed by atoms with Gasteiger partial charge in [0.25, 0.3) is 0 Å². The van der Waals surface area contributed by atoms with Gasteiger partial charge in [0.2, 0.25) is 5.54 Å². The lowest BCUT2D eigenvalue weighted by Crippen LogP contribution is -2.32. The van der Waals surface area contributed by atoms with Gasteiger partial charge < -0.3 is 15.6 Å². The first-order valence-electron chi connectivity index (χ1n) is 2.54. The van der Waals surface area contributed by atoms with Crippen LogP contribution in [-0.4, -0.2) is 21.8 Å². The molecule has 0 amide bonds. The van der Waals surface area contributed by atoms with E-state index in [0.717, 1.165) is 6.21 Å². The minimum atomic E-state index is -1.18. The van der Waals surface area contributed by atoms with Crippen molar-refractivity contribution < 1.29 is 10.1 Å². The Morgan fingerprint density at radius 1 is 1.60 bits per heavy atom. The molecule has 6 nitrogen and oxygen atoms in total. The first-order valence-corrected chi connectivity index (χ1v) is 2.54. The Morgan fingerprint density at radius 2 is 2.10 bits per heavy atom. The first-order chi connectivity index (χ1) is 4.54. The summed E-state index contributed by atoms with van der Waals surface area (Å²) in [5.74, 6) is 0. The van der Waals surface area contributed by atoms with Crippen LogP contribution < -0.4 is 0 Å². The molecule has 0 aromatic carbocycles. The summed E-state index contributed by atoms with van der Waals surface area (Å²) in [4.78, 5) is -0.0906. The highest BCUT2D eigenvalue weighted by atomic mass is 16.6. The zero-order valence-corrected chi connectivity index (χ0v) is 5.68. The smallest absolute Gasteiger partial charge is 0.231 e. The fraction of sp³-hybridized carbons (Fsp3) is 0.750. The van der Waals surface area contributed by atoms with E-state index in [2.05, 4.69) is 10.4 Å². The molecular formula is C4H8N3O3-. The molecule has 0 rings (SSSR count). The van der Waals surface area contributed by atoms with Gasteiger partial charge in [-0.15, -0.1) is 0 Å². The molecule has 0 radical (unpaired) electrons. The van der Waals surface area contributed by atoms with Crippen molar-refractivity contribution in [3.63, 3.8) is 0 Å². The maximum Gasteiger partial charge on any atom is 0.231 e. The topological polar surface area (TPSA) is 94.1 Å². The normalized spacial score (nSPS) is 14.4. The van der Waals surface area contributed by atoms with Crippen molar-refractivity contribution >= 4 is 6.21 Å². The molecule has 0 spiro atoms. The summed E-state index contributed by atoms with van der Waals surface area (Å²) in [6.07, 6.45) is 0.918. The lowest BCUT2D eigenvalue weighted by atomic mass is 10.1. The van der Waals surface area contributed by atoms with E-state index in [0.29, 0.717) is 0 Å². The van der Waals surface area contributed by atoms with E-state index in [-0.39, 0.29) is 4.86 Å². The average Bonchev–Trinajstić information content (AvgIpc) is 1.86. The molecule has 58 valence electrons. The van der Waals surface area contributed by atoms with Gasteiger partial charge in [0.05, 0.1) is 0 Å². The van der Waals surface area contributed by atoms with Crippen molar-refractivity contribution in [2.75, 3.05) is 0 Å². The van der Waals surface area contributed by atoms with Gasteiger partial charge >= 0.3 is 0 Å². The monoisotopic (exact) mass is 146 g/mol. The Balaban J connectivity index is 4.39. The molecule has 0 aliphatic rings. The SMILES string of the molecule is CC(C)(/C=N/O)/[N+]([O-])=N/[O-]. The van der Waals surface area contributed by atoms with Crippen LogP contribution in [0.5, 0.6) is 0 Å². The summed E-state index contributed by atoms with van der Waals surface area (Å²) in [5, 5.41) is 32.8. The molecule has 0 fully saturated rings. The van der Waals surface area contributed by atoms with Crippen LogP contribution in [0.3, 0.4) is 0 Å². The number of rotatable bonds is 2. The second-order valence-electron chi connectivity index (χ2n) is 2.25. The van der Waals surface area contributed by atoms with E-state index in [1.165, 1.54) is 13.8 Å². The van der Waals surface area contributed by atoms with Crippen LogP contribution in [0.1, 0.15) is 13.8 Å². The molecule has 0 unspecified atom stereocenters. The fourth-order valence-electron chi connectivity index (χ4n) is 0.296. The number of hydrogen-bond donors (Lipinski definition) is 1. The van der Waals surface area contributed by atoms with Crippen LogP contribution in [0.25, 0.3) is 0 Å². The molecule has 0 atom stereocenters. The molecule has 0 aliphatic heterocycles. The maximum absolute atomic E-state index is 10.5. The van der Waals surface area contributed by atoms with Crippen molar-refractivity contribution in [3.05, 3.63) is 10.4 Å². The third-order valence-electron chi connectivity index (χ3n) is 0.941. The van der Waals surface area contributed by atoms with Crippen LogP contribution in [0, 0.1) is 10.4 Å².